The highest BCUT2D eigenvalue weighted by Crippen LogP contribution is 2.29. The Hall–Kier alpha value is -3.60. The summed E-state index contributed by atoms with van der Waals surface area (Å²) in [5.41, 5.74) is 3.05. The maximum absolute atomic E-state index is 12.1. The second-order valence-electron chi connectivity index (χ2n) is 6.03. The Morgan fingerprint density at radius 2 is 1.75 bits per heavy atom. The minimum Gasteiger partial charge on any atom is -0.503 e. The zero-order valence-corrected chi connectivity index (χ0v) is 15.8. The van der Waals surface area contributed by atoms with Crippen LogP contribution in [0.4, 0.5) is 0 Å². The zero-order valence-electron chi connectivity index (χ0n) is 15.8. The molecule has 1 aromatic heterocycles. The van der Waals surface area contributed by atoms with E-state index in [1.165, 1.54) is 26.0 Å². The molecule has 2 aromatic carbocycles. The van der Waals surface area contributed by atoms with E-state index in [1.54, 1.807) is 18.3 Å². The molecular weight excluding hydrogens is 354 g/mol. The second kappa shape index (κ2) is 9.37. The quantitative estimate of drug-likeness (QED) is 0.342. The molecular formula is C23H21NO4. The summed E-state index contributed by atoms with van der Waals surface area (Å²) in [4.78, 5) is 16.4. The number of benzene rings is 2. The van der Waals surface area contributed by atoms with E-state index in [1.807, 2.05) is 42.5 Å². The number of methoxy groups -OCH3 is 2. The number of ether oxygens (including phenoxy) is 3. The van der Waals surface area contributed by atoms with Gasteiger partial charge in [0.25, 0.3) is 0 Å². The Bertz CT molecular complexity index is 967. The van der Waals surface area contributed by atoms with Gasteiger partial charge in [0.2, 0.25) is 5.88 Å². The molecule has 3 rings (SSSR count). The van der Waals surface area contributed by atoms with E-state index in [4.69, 9.17) is 14.2 Å². The second-order valence-corrected chi connectivity index (χ2v) is 6.03. The van der Waals surface area contributed by atoms with Crippen LogP contribution in [0.2, 0.25) is 0 Å². The summed E-state index contributed by atoms with van der Waals surface area (Å²) in [5.74, 6) is 0.403. The lowest BCUT2D eigenvalue weighted by Gasteiger charge is -2.12. The van der Waals surface area contributed by atoms with Crippen LogP contribution in [0.1, 0.15) is 16.7 Å². The van der Waals surface area contributed by atoms with Gasteiger partial charge in [-0.2, -0.15) is 0 Å². The number of hydrogen-bond acceptors (Lipinski definition) is 5. The third-order valence-corrected chi connectivity index (χ3v) is 4.07. The number of esters is 1. The highest BCUT2D eigenvalue weighted by atomic mass is 16.5. The van der Waals surface area contributed by atoms with Crippen molar-refractivity contribution in [2.24, 2.45) is 0 Å². The molecule has 0 bridgehead atoms. The highest BCUT2D eigenvalue weighted by Gasteiger charge is 2.19. The molecule has 0 saturated heterocycles. The van der Waals surface area contributed by atoms with Gasteiger partial charge in [-0.3, -0.25) is 0 Å². The van der Waals surface area contributed by atoms with Gasteiger partial charge in [-0.15, -0.1) is 0 Å². The smallest absolute Gasteiger partial charge is 0.341 e. The van der Waals surface area contributed by atoms with Gasteiger partial charge in [-0.05, 0) is 41.8 Å². The maximum atomic E-state index is 12.1. The first kappa shape index (κ1) is 19.2. The van der Waals surface area contributed by atoms with Crippen molar-refractivity contribution in [3.05, 3.63) is 95.9 Å². The molecule has 0 amide bonds. The SMILES string of the molecule is CO/C=C(/C(=O)OC)c1cccnc1Oc1cccc(Cc2ccccc2)c1. The van der Waals surface area contributed by atoms with Crippen molar-refractivity contribution in [3.8, 4) is 11.6 Å². The summed E-state index contributed by atoms with van der Waals surface area (Å²) < 4.78 is 15.9. The van der Waals surface area contributed by atoms with Gasteiger partial charge < -0.3 is 14.2 Å². The van der Waals surface area contributed by atoms with E-state index in [0.29, 0.717) is 17.2 Å². The van der Waals surface area contributed by atoms with Crippen LogP contribution in [0.5, 0.6) is 11.6 Å². The van der Waals surface area contributed by atoms with Crippen LogP contribution in [-0.4, -0.2) is 25.2 Å². The van der Waals surface area contributed by atoms with Crippen LogP contribution < -0.4 is 4.74 Å². The lowest BCUT2D eigenvalue weighted by atomic mass is 10.1. The number of hydrogen-bond donors (Lipinski definition) is 0. The molecule has 0 saturated carbocycles. The van der Waals surface area contributed by atoms with Crippen molar-refractivity contribution in [2.75, 3.05) is 14.2 Å². The minimum absolute atomic E-state index is 0.230. The van der Waals surface area contributed by atoms with Gasteiger partial charge in [-0.25, -0.2) is 9.78 Å². The average Bonchev–Trinajstić information content (AvgIpc) is 2.73. The van der Waals surface area contributed by atoms with Crippen molar-refractivity contribution >= 4 is 11.5 Å². The molecule has 5 nitrogen and oxygen atoms in total. The van der Waals surface area contributed by atoms with Crippen molar-refractivity contribution in [1.29, 1.82) is 0 Å². The van der Waals surface area contributed by atoms with Gasteiger partial charge in [0.05, 0.1) is 26.0 Å². The summed E-state index contributed by atoms with van der Waals surface area (Å²) in [6.45, 7) is 0. The average molecular weight is 375 g/mol. The lowest BCUT2D eigenvalue weighted by molar-refractivity contribution is -0.133. The molecule has 0 atom stereocenters. The van der Waals surface area contributed by atoms with E-state index in [9.17, 15) is 4.79 Å². The van der Waals surface area contributed by atoms with Gasteiger partial charge in [0, 0.05) is 6.20 Å². The summed E-state index contributed by atoms with van der Waals surface area (Å²) in [7, 11) is 2.78. The van der Waals surface area contributed by atoms with Crippen LogP contribution in [0.3, 0.4) is 0 Å². The van der Waals surface area contributed by atoms with E-state index < -0.39 is 5.97 Å². The molecule has 28 heavy (non-hydrogen) atoms. The standard InChI is InChI=1S/C23H21NO4/c1-26-16-21(23(25)27-2)20-12-7-13-24-22(20)28-19-11-6-10-18(15-19)14-17-8-4-3-5-9-17/h3-13,15-16H,14H2,1-2H3/b21-16+. The van der Waals surface area contributed by atoms with Crippen molar-refractivity contribution in [1.82, 2.24) is 4.98 Å². The topological polar surface area (TPSA) is 57.7 Å². The van der Waals surface area contributed by atoms with Gasteiger partial charge >= 0.3 is 5.97 Å². The minimum atomic E-state index is -0.530. The zero-order chi connectivity index (χ0) is 19.8. The molecule has 0 spiro atoms. The molecule has 0 radical (unpaired) electrons. The van der Waals surface area contributed by atoms with E-state index in [-0.39, 0.29) is 5.57 Å². The monoisotopic (exact) mass is 375 g/mol. The van der Waals surface area contributed by atoms with Crippen LogP contribution in [0.25, 0.3) is 5.57 Å². The largest absolute Gasteiger partial charge is 0.503 e. The number of carbonyl (C=O) groups excluding carboxylic acids is 1. The third kappa shape index (κ3) is 4.76. The molecule has 1 heterocycles. The third-order valence-electron chi connectivity index (χ3n) is 4.07. The first-order chi connectivity index (χ1) is 13.7. The van der Waals surface area contributed by atoms with Crippen LogP contribution in [0.15, 0.2) is 79.2 Å². The fraction of sp³-hybridized carbons (Fsp3) is 0.130. The number of aromatic nitrogens is 1. The molecule has 0 N–H and O–H groups in total. The number of nitrogens with zero attached hydrogens (tertiary/aromatic N) is 1. The molecule has 3 aromatic rings. The number of carbonyl (C=O) groups is 1. The van der Waals surface area contributed by atoms with Crippen LogP contribution in [0, 0.1) is 0 Å². The molecule has 0 aliphatic rings. The first-order valence-corrected chi connectivity index (χ1v) is 8.78. The molecule has 0 unspecified atom stereocenters. The molecule has 142 valence electrons. The summed E-state index contributed by atoms with van der Waals surface area (Å²) >= 11 is 0. The van der Waals surface area contributed by atoms with E-state index in [0.717, 1.165) is 12.0 Å². The Labute approximate surface area is 164 Å². The Morgan fingerprint density at radius 3 is 2.50 bits per heavy atom. The predicted octanol–water partition coefficient (Wildman–Crippen LogP) is 4.63. The molecule has 0 aliphatic carbocycles. The maximum Gasteiger partial charge on any atom is 0.341 e. The van der Waals surface area contributed by atoms with Gasteiger partial charge in [0.15, 0.2) is 0 Å². The predicted molar refractivity (Wildman–Crippen MR) is 107 cm³/mol. The van der Waals surface area contributed by atoms with Crippen molar-refractivity contribution in [2.45, 2.75) is 6.42 Å². The summed E-state index contributed by atoms with van der Waals surface area (Å²) in [6.07, 6.45) is 3.72. The Balaban J connectivity index is 1.87. The molecule has 0 fully saturated rings. The summed E-state index contributed by atoms with van der Waals surface area (Å²) in [5, 5.41) is 0. The van der Waals surface area contributed by atoms with Crippen LogP contribution >= 0.6 is 0 Å². The normalized spacial score (nSPS) is 11.0. The summed E-state index contributed by atoms with van der Waals surface area (Å²) in [6, 6.07) is 21.5. The van der Waals surface area contributed by atoms with Gasteiger partial charge in [0.1, 0.15) is 11.3 Å². The number of pyridine rings is 1. The van der Waals surface area contributed by atoms with E-state index in [2.05, 4.69) is 17.1 Å². The molecule has 0 aliphatic heterocycles. The highest BCUT2D eigenvalue weighted by molar-refractivity contribution is 6.16. The van der Waals surface area contributed by atoms with Crippen molar-refractivity contribution < 1.29 is 19.0 Å². The Morgan fingerprint density at radius 1 is 0.964 bits per heavy atom. The Kier molecular flexibility index (Phi) is 6.41. The van der Waals surface area contributed by atoms with Crippen LogP contribution in [-0.2, 0) is 20.7 Å². The lowest BCUT2D eigenvalue weighted by Crippen LogP contribution is -2.06. The number of rotatable bonds is 7. The fourth-order valence-electron chi connectivity index (χ4n) is 2.79. The van der Waals surface area contributed by atoms with E-state index >= 15 is 0 Å². The van der Waals surface area contributed by atoms with Crippen molar-refractivity contribution in [3.63, 3.8) is 0 Å². The van der Waals surface area contributed by atoms with Gasteiger partial charge in [-0.1, -0.05) is 42.5 Å². The fourth-order valence-corrected chi connectivity index (χ4v) is 2.79. The molecule has 5 heteroatoms. The first-order valence-electron chi connectivity index (χ1n) is 8.78.